The molecule has 1 fully saturated rings. The minimum atomic E-state index is -0.685. The number of aromatic nitrogens is 3. The van der Waals surface area contributed by atoms with Crippen LogP contribution >= 0.6 is 0 Å². The topological polar surface area (TPSA) is 102 Å². The van der Waals surface area contributed by atoms with Crippen molar-refractivity contribution in [1.29, 1.82) is 5.26 Å². The molecule has 0 spiro atoms. The average molecular weight is 508 g/mol. The van der Waals surface area contributed by atoms with E-state index < -0.39 is 5.41 Å². The summed E-state index contributed by atoms with van der Waals surface area (Å²) in [5, 5.41) is 17.0. The molecule has 38 heavy (non-hydrogen) atoms. The Kier molecular flexibility index (Phi) is 6.95. The van der Waals surface area contributed by atoms with Gasteiger partial charge in [-0.15, -0.1) is 0 Å². The maximum atomic E-state index is 13.0. The third kappa shape index (κ3) is 5.29. The van der Waals surface area contributed by atoms with Gasteiger partial charge in [-0.1, -0.05) is 18.2 Å². The Bertz CT molecular complexity index is 1510. The molecule has 1 amide bonds. The lowest BCUT2D eigenvalue weighted by Gasteiger charge is -2.16. The van der Waals surface area contributed by atoms with Crippen LogP contribution in [0.5, 0.6) is 5.75 Å². The number of carbonyl (C=O) groups is 1. The minimum absolute atomic E-state index is 0.0281. The molecule has 5 rings (SSSR count). The van der Waals surface area contributed by atoms with Gasteiger partial charge in [-0.05, 0) is 62.2 Å². The van der Waals surface area contributed by atoms with Gasteiger partial charge in [0, 0.05) is 47.4 Å². The molecule has 3 heterocycles. The number of anilines is 1. The highest BCUT2D eigenvalue weighted by atomic mass is 16.5. The zero-order valence-corrected chi connectivity index (χ0v) is 21.6. The number of carbonyl (C=O) groups excluding carboxylic acids is 1. The van der Waals surface area contributed by atoms with Crippen LogP contribution in [-0.2, 0) is 10.2 Å². The number of rotatable bonds is 7. The summed E-state index contributed by atoms with van der Waals surface area (Å²) in [6, 6.07) is 17.0. The Morgan fingerprint density at radius 3 is 2.87 bits per heavy atom. The fourth-order valence-electron chi connectivity index (χ4n) is 4.33. The van der Waals surface area contributed by atoms with Gasteiger partial charge < -0.3 is 14.8 Å². The van der Waals surface area contributed by atoms with E-state index in [9.17, 15) is 10.1 Å². The van der Waals surface area contributed by atoms with Crippen LogP contribution in [0, 0.1) is 18.3 Å². The van der Waals surface area contributed by atoms with Crippen molar-refractivity contribution in [2.24, 2.45) is 0 Å². The standard InChI is InChI=1S/C30H29N5O3/c1-20-7-8-24(34-29(36)21-5-4-6-23(13-21)30(2,3)19-31)14-27(20)35-17-22(15-33-35)26-16-32-11-9-28(26)38-25-10-12-37-18-25/h4-9,11,13-17,25H,10,12,18H2,1-3H3,(H,34,36)/t25-/m1/s1. The molecule has 2 aromatic carbocycles. The van der Waals surface area contributed by atoms with E-state index in [4.69, 9.17) is 9.47 Å². The monoisotopic (exact) mass is 507 g/mol. The first-order valence-corrected chi connectivity index (χ1v) is 12.5. The lowest BCUT2D eigenvalue weighted by atomic mass is 9.85. The molecule has 0 aliphatic carbocycles. The molecule has 1 aliphatic heterocycles. The average Bonchev–Trinajstić information content (AvgIpc) is 3.63. The molecule has 1 atom stereocenters. The number of benzene rings is 2. The smallest absolute Gasteiger partial charge is 0.255 e. The van der Waals surface area contributed by atoms with E-state index >= 15 is 0 Å². The molecule has 1 aliphatic rings. The SMILES string of the molecule is Cc1ccc(NC(=O)c2cccc(C(C)(C)C#N)c2)cc1-n1cc(-c2cnccc2O[C@@H]2CCOC2)cn1. The van der Waals surface area contributed by atoms with Crippen LogP contribution in [0.25, 0.3) is 16.8 Å². The summed E-state index contributed by atoms with van der Waals surface area (Å²) in [5.41, 5.74) is 4.81. The molecular weight excluding hydrogens is 478 g/mol. The van der Waals surface area contributed by atoms with E-state index in [1.54, 1.807) is 41.5 Å². The van der Waals surface area contributed by atoms with Gasteiger partial charge >= 0.3 is 0 Å². The Balaban J connectivity index is 1.38. The molecule has 1 saturated heterocycles. The molecule has 8 heteroatoms. The van der Waals surface area contributed by atoms with Crippen LogP contribution in [-0.4, -0.2) is 40.0 Å². The highest BCUT2D eigenvalue weighted by molar-refractivity contribution is 6.04. The molecule has 0 unspecified atom stereocenters. The van der Waals surface area contributed by atoms with E-state index in [1.165, 1.54) is 0 Å². The van der Waals surface area contributed by atoms with E-state index in [2.05, 4.69) is 21.5 Å². The van der Waals surface area contributed by atoms with Gasteiger partial charge in [0.05, 0.1) is 36.6 Å². The lowest BCUT2D eigenvalue weighted by Crippen LogP contribution is -2.17. The zero-order chi connectivity index (χ0) is 26.7. The molecule has 2 aromatic heterocycles. The highest BCUT2D eigenvalue weighted by Crippen LogP contribution is 2.31. The molecule has 1 N–H and O–H groups in total. The Labute approximate surface area is 221 Å². The lowest BCUT2D eigenvalue weighted by molar-refractivity contribution is 0.102. The van der Waals surface area contributed by atoms with Gasteiger partial charge in [0.15, 0.2) is 0 Å². The Morgan fingerprint density at radius 2 is 2.08 bits per heavy atom. The first-order chi connectivity index (χ1) is 18.3. The number of hydrogen-bond donors (Lipinski definition) is 1. The van der Waals surface area contributed by atoms with Gasteiger partial charge in [0.1, 0.15) is 11.9 Å². The van der Waals surface area contributed by atoms with Crippen LogP contribution in [0.15, 0.2) is 73.3 Å². The van der Waals surface area contributed by atoms with Crippen LogP contribution in [0.4, 0.5) is 5.69 Å². The second kappa shape index (κ2) is 10.5. The molecule has 8 nitrogen and oxygen atoms in total. The zero-order valence-electron chi connectivity index (χ0n) is 21.6. The summed E-state index contributed by atoms with van der Waals surface area (Å²) >= 11 is 0. The van der Waals surface area contributed by atoms with Crippen LogP contribution in [0.2, 0.25) is 0 Å². The van der Waals surface area contributed by atoms with E-state index in [-0.39, 0.29) is 12.0 Å². The van der Waals surface area contributed by atoms with Crippen molar-refractivity contribution in [3.05, 3.63) is 90.0 Å². The van der Waals surface area contributed by atoms with E-state index in [0.29, 0.717) is 24.5 Å². The van der Waals surface area contributed by atoms with Crippen molar-refractivity contribution >= 4 is 11.6 Å². The van der Waals surface area contributed by atoms with Gasteiger partial charge in [-0.2, -0.15) is 10.4 Å². The van der Waals surface area contributed by atoms with Crippen LogP contribution in [0.1, 0.15) is 41.8 Å². The van der Waals surface area contributed by atoms with Gasteiger partial charge in [0.2, 0.25) is 0 Å². The van der Waals surface area contributed by atoms with Crippen molar-refractivity contribution in [2.45, 2.75) is 38.7 Å². The summed E-state index contributed by atoms with van der Waals surface area (Å²) in [6.07, 6.45) is 8.09. The van der Waals surface area contributed by atoms with Gasteiger partial charge in [-0.25, -0.2) is 4.68 Å². The molecule has 192 valence electrons. The highest BCUT2D eigenvalue weighted by Gasteiger charge is 2.22. The molecule has 0 bridgehead atoms. The maximum absolute atomic E-state index is 13.0. The number of nitrogens with zero attached hydrogens (tertiary/aromatic N) is 4. The number of nitriles is 1. The van der Waals surface area contributed by atoms with Crippen molar-refractivity contribution < 1.29 is 14.3 Å². The molecular formula is C30H29N5O3. The first kappa shape index (κ1) is 25.2. The first-order valence-electron chi connectivity index (χ1n) is 12.5. The van der Waals surface area contributed by atoms with Crippen LogP contribution in [0.3, 0.4) is 0 Å². The second-order valence-electron chi connectivity index (χ2n) is 9.92. The summed E-state index contributed by atoms with van der Waals surface area (Å²) in [7, 11) is 0. The fourth-order valence-corrected chi connectivity index (χ4v) is 4.33. The summed E-state index contributed by atoms with van der Waals surface area (Å²) in [6.45, 7) is 6.95. The van der Waals surface area contributed by atoms with Gasteiger partial charge in [0.25, 0.3) is 5.91 Å². The molecule has 0 saturated carbocycles. The van der Waals surface area contributed by atoms with E-state index in [0.717, 1.165) is 40.1 Å². The summed E-state index contributed by atoms with van der Waals surface area (Å²) < 4.78 is 13.4. The summed E-state index contributed by atoms with van der Waals surface area (Å²) in [4.78, 5) is 17.3. The third-order valence-corrected chi connectivity index (χ3v) is 6.70. The number of nitrogens with one attached hydrogen (secondary N) is 1. The number of ether oxygens (including phenoxy) is 2. The Hall–Kier alpha value is -4.48. The Morgan fingerprint density at radius 1 is 1.21 bits per heavy atom. The number of pyridine rings is 1. The minimum Gasteiger partial charge on any atom is -0.487 e. The van der Waals surface area contributed by atoms with Gasteiger partial charge in [-0.3, -0.25) is 9.78 Å². The fraction of sp³-hybridized carbons (Fsp3) is 0.267. The number of amides is 1. The van der Waals surface area contributed by atoms with Crippen molar-refractivity contribution in [3.63, 3.8) is 0 Å². The quantitative estimate of drug-likeness (QED) is 0.356. The van der Waals surface area contributed by atoms with Crippen molar-refractivity contribution in [2.75, 3.05) is 18.5 Å². The van der Waals surface area contributed by atoms with Crippen molar-refractivity contribution in [1.82, 2.24) is 14.8 Å². The summed E-state index contributed by atoms with van der Waals surface area (Å²) in [5.74, 6) is 0.499. The predicted octanol–water partition coefficient (Wildman–Crippen LogP) is 5.46. The number of aryl methyl sites for hydroxylation is 1. The maximum Gasteiger partial charge on any atom is 0.255 e. The second-order valence-corrected chi connectivity index (χ2v) is 9.92. The molecule has 0 radical (unpaired) electrons. The normalized spacial score (nSPS) is 15.2. The van der Waals surface area contributed by atoms with E-state index in [1.807, 2.05) is 57.3 Å². The van der Waals surface area contributed by atoms with Crippen LogP contribution < -0.4 is 10.1 Å². The largest absolute Gasteiger partial charge is 0.487 e. The molecule has 4 aromatic rings. The predicted molar refractivity (Wildman–Crippen MR) is 144 cm³/mol. The van der Waals surface area contributed by atoms with Crippen molar-refractivity contribution in [3.8, 4) is 28.6 Å². The third-order valence-electron chi connectivity index (χ3n) is 6.70. The number of hydrogen-bond acceptors (Lipinski definition) is 6.